The van der Waals surface area contributed by atoms with Gasteiger partial charge in [0.2, 0.25) is 0 Å². The second kappa shape index (κ2) is 2.81. The van der Waals surface area contributed by atoms with Crippen LogP contribution in [-0.2, 0) is 0 Å². The average molecular weight is 206 g/mol. The summed E-state index contributed by atoms with van der Waals surface area (Å²) in [4.78, 5) is 0. The van der Waals surface area contributed by atoms with E-state index < -0.39 is 0 Å². The summed E-state index contributed by atoms with van der Waals surface area (Å²) in [7, 11) is 0. The molecule has 0 N–H and O–H groups in total. The summed E-state index contributed by atoms with van der Waals surface area (Å²) in [6, 6.07) is 0. The van der Waals surface area contributed by atoms with Crippen molar-refractivity contribution in [3.05, 3.63) is 0 Å². The molecule has 0 amide bonds. The number of hydrogen-bond acceptors (Lipinski definition) is 0. The molecule has 0 spiro atoms. The molecular weight excluding hydrogens is 197 g/mol. The maximum atomic E-state index is 2.22. The molecule has 0 saturated carbocycles. The van der Waals surface area contributed by atoms with Crippen LogP contribution in [0.1, 0.15) is 20.3 Å². The first-order valence-electron chi connectivity index (χ1n) is 2.27. The summed E-state index contributed by atoms with van der Waals surface area (Å²) in [6.07, 6.45) is 1.31. The normalized spacial score (nSPS) is 15.2. The van der Waals surface area contributed by atoms with Crippen LogP contribution in [-0.4, -0.2) is 17.7 Å². The van der Waals surface area contributed by atoms with Gasteiger partial charge in [-0.05, 0) is 0 Å². The van der Waals surface area contributed by atoms with Crippen LogP contribution in [0, 0.1) is 0 Å². The van der Waals surface area contributed by atoms with E-state index in [2.05, 4.69) is 31.6 Å². The molecule has 0 bridgehead atoms. The van der Waals surface area contributed by atoms with Crippen LogP contribution in [0.4, 0.5) is 0 Å². The standard InChI is InChI=1S/C4H9.Li/c1-3-4-2;/h3H,4H2,1-2H3;/i;1-104. The third-order valence-corrected chi connectivity index (χ3v) is 0.816. The first-order chi connectivity index (χ1) is 2.27. The fourth-order valence-corrected chi connectivity index (χ4v) is 0. The number of rotatable bonds is 1. The molecule has 26 valence electrons. The van der Waals surface area contributed by atoms with Crippen LogP contribution in [0.5, 0.6) is 0 Å². The van der Waals surface area contributed by atoms with Gasteiger partial charge in [-0.3, -0.25) is 0 Å². The summed E-state index contributed by atoms with van der Waals surface area (Å²) in [6.45, 7) is 4.42. The third kappa shape index (κ3) is 4.60. The topological polar surface area (TPSA) is 0 Å². The molecule has 0 rings (SSSR count). The summed E-state index contributed by atoms with van der Waals surface area (Å²) in [5.74, 6) is 0. The molecule has 0 aromatic heterocycles. The SMILES string of the molecule is [149Li][CH](C)CC. The first-order valence-corrected chi connectivity index (χ1v) is 2.27. The summed E-state index contributed by atoms with van der Waals surface area (Å²) >= 11 is 2.22. The number of hydrogen-bond donors (Lipinski definition) is 0. The molecule has 1 heteroatoms. The molecule has 5 heavy (non-hydrogen) atoms. The van der Waals surface area contributed by atoms with Gasteiger partial charge in [0.05, 0.1) is 0 Å². The van der Waals surface area contributed by atoms with Gasteiger partial charge in [-0.1, -0.05) is 0 Å². The fourth-order valence-electron chi connectivity index (χ4n) is 0. The van der Waals surface area contributed by atoms with Crippen molar-refractivity contribution in [1.82, 2.24) is 0 Å². The van der Waals surface area contributed by atoms with E-state index in [0.717, 1.165) is 4.59 Å². The van der Waals surface area contributed by atoms with E-state index in [-0.39, 0.29) is 0 Å². The van der Waals surface area contributed by atoms with Crippen molar-refractivity contribution in [2.24, 2.45) is 0 Å². The zero-order valence-electron chi connectivity index (χ0n) is 4.28. The Bertz CT molecular complexity index is 17.6. The molecule has 0 aromatic rings. The van der Waals surface area contributed by atoms with E-state index >= 15 is 0 Å². The Hall–Kier alpha value is 0.597. The average Bonchev–Trinajstić information content (AvgIpc) is 1.38. The monoisotopic (exact) mass is 206 g/mol. The molecular formula is C4H9Li. The molecule has 0 aliphatic carbocycles. The van der Waals surface area contributed by atoms with Gasteiger partial charge in [0, 0.05) is 0 Å². The van der Waals surface area contributed by atoms with Crippen LogP contribution in [0.15, 0.2) is 0 Å². The quantitative estimate of drug-likeness (QED) is 0.568. The molecule has 0 aliphatic heterocycles. The van der Waals surface area contributed by atoms with Crippen molar-refractivity contribution >= 4 is 17.7 Å². The molecule has 0 nitrogen and oxygen atoms in total. The zero-order valence-corrected chi connectivity index (χ0v) is 4.28. The van der Waals surface area contributed by atoms with Gasteiger partial charge in [-0.15, -0.1) is 0 Å². The predicted octanol–water partition coefficient (Wildman–Crippen LogP) is 1.37. The van der Waals surface area contributed by atoms with E-state index in [1.165, 1.54) is 6.42 Å². The van der Waals surface area contributed by atoms with E-state index in [1.807, 2.05) is 0 Å². The third-order valence-electron chi connectivity index (χ3n) is 0.816. The maximum absolute atomic E-state index is 2.22. The van der Waals surface area contributed by atoms with Gasteiger partial charge in [0.25, 0.3) is 0 Å². The van der Waals surface area contributed by atoms with Gasteiger partial charge in [-0.2, -0.15) is 0 Å². The Labute approximate surface area is 43.2 Å². The second-order valence-electron chi connectivity index (χ2n) is 1.80. The first kappa shape index (κ1) is 5.60. The minimum atomic E-state index is 0.884. The van der Waals surface area contributed by atoms with E-state index in [9.17, 15) is 0 Å². The van der Waals surface area contributed by atoms with Crippen molar-refractivity contribution in [2.75, 3.05) is 0 Å². The summed E-state index contributed by atoms with van der Waals surface area (Å²) in [5.41, 5.74) is 0. The Morgan fingerprint density at radius 1 is 1.80 bits per heavy atom. The Morgan fingerprint density at radius 2 is 2.00 bits per heavy atom. The zero-order chi connectivity index (χ0) is 4.28. The van der Waals surface area contributed by atoms with Gasteiger partial charge in [0.15, 0.2) is 0 Å². The molecule has 1 atom stereocenters. The van der Waals surface area contributed by atoms with Crippen molar-refractivity contribution in [3.8, 4) is 0 Å². The minimum absolute atomic E-state index is 0.884. The van der Waals surface area contributed by atoms with Crippen molar-refractivity contribution < 1.29 is 0 Å². The van der Waals surface area contributed by atoms with Gasteiger partial charge < -0.3 is 0 Å². The molecule has 0 aromatic carbocycles. The Morgan fingerprint density at radius 3 is 2.00 bits per heavy atom. The Kier molecular flexibility index (Phi) is 3.15. The van der Waals surface area contributed by atoms with Crippen LogP contribution >= 0.6 is 0 Å². The van der Waals surface area contributed by atoms with Gasteiger partial charge in [0.1, 0.15) is 0 Å². The summed E-state index contributed by atoms with van der Waals surface area (Å²) in [5, 5.41) is 0. The molecule has 0 heterocycles. The molecule has 0 radical (unpaired) electrons. The molecule has 0 saturated heterocycles. The van der Waals surface area contributed by atoms with Crippen molar-refractivity contribution in [3.63, 3.8) is 0 Å². The molecule has 0 aliphatic rings. The Balaban J connectivity index is 2.54. The van der Waals surface area contributed by atoms with Crippen LogP contribution in [0.2, 0.25) is 4.59 Å². The predicted molar refractivity (Wildman–Crippen MR) is 25.5 cm³/mol. The van der Waals surface area contributed by atoms with Crippen molar-refractivity contribution in [1.29, 1.82) is 0 Å². The van der Waals surface area contributed by atoms with Crippen LogP contribution < -0.4 is 0 Å². The van der Waals surface area contributed by atoms with E-state index in [4.69, 9.17) is 0 Å². The van der Waals surface area contributed by atoms with Crippen molar-refractivity contribution in [2.45, 2.75) is 24.9 Å². The molecule has 0 fully saturated rings. The van der Waals surface area contributed by atoms with Crippen LogP contribution in [0.3, 0.4) is 0 Å². The van der Waals surface area contributed by atoms with Crippen LogP contribution in [0.25, 0.3) is 0 Å². The fraction of sp³-hybridized carbons (Fsp3) is 1.00. The molecule has 1 unspecified atom stereocenters. The summed E-state index contributed by atoms with van der Waals surface area (Å²) < 4.78 is 0.884. The second-order valence-corrected chi connectivity index (χ2v) is 1.80. The van der Waals surface area contributed by atoms with Gasteiger partial charge in [-0.25, -0.2) is 0 Å². The van der Waals surface area contributed by atoms with E-state index in [0.29, 0.717) is 0 Å². The van der Waals surface area contributed by atoms with Gasteiger partial charge >= 0.3 is 42.6 Å². The van der Waals surface area contributed by atoms with E-state index in [1.54, 1.807) is 0 Å².